The van der Waals surface area contributed by atoms with Gasteiger partial charge in [0, 0.05) is 42.3 Å². The van der Waals surface area contributed by atoms with E-state index in [-0.39, 0.29) is 17.6 Å². The Balaban J connectivity index is 1.30. The molecule has 1 saturated carbocycles. The Bertz CT molecular complexity index is 1370. The number of anilines is 3. The number of carbonyl (C=O) groups excluding carboxylic acids is 2. The maximum absolute atomic E-state index is 12.1. The number of hydrogen-bond acceptors (Lipinski definition) is 11. The van der Waals surface area contributed by atoms with Gasteiger partial charge in [-0.1, -0.05) is 6.92 Å². The topological polar surface area (TPSA) is 125 Å². The average Bonchev–Trinajstić information content (AvgIpc) is 2.99. The van der Waals surface area contributed by atoms with Gasteiger partial charge in [0.2, 0.25) is 17.5 Å². The normalized spacial score (nSPS) is 22.9. The summed E-state index contributed by atoms with van der Waals surface area (Å²) >= 11 is 0. The van der Waals surface area contributed by atoms with Crippen LogP contribution in [0.25, 0.3) is 11.4 Å². The molecule has 3 unspecified atom stereocenters. The molecule has 3 aliphatic rings. The van der Waals surface area contributed by atoms with E-state index in [1.54, 1.807) is 12.4 Å². The summed E-state index contributed by atoms with van der Waals surface area (Å²) in [7, 11) is 0. The number of carbonyl (C=O) groups is 2. The van der Waals surface area contributed by atoms with Crippen LogP contribution in [0.3, 0.4) is 0 Å². The van der Waals surface area contributed by atoms with Crippen LogP contribution < -0.4 is 20.4 Å². The predicted octanol–water partition coefficient (Wildman–Crippen LogP) is 1.63. The smallest absolute Gasteiger partial charge is 0.225 e. The number of nitrogens with zero attached hydrogens (tertiary/aromatic N) is 6. The van der Waals surface area contributed by atoms with Crippen molar-refractivity contribution >= 4 is 29.0 Å². The van der Waals surface area contributed by atoms with E-state index in [9.17, 15) is 9.59 Å². The van der Waals surface area contributed by atoms with E-state index < -0.39 is 12.1 Å². The highest BCUT2D eigenvalue weighted by atomic mass is 16.5. The number of likely N-dealkylation sites (N-methyl/N-ethyl adjacent to an activating group) is 1. The lowest BCUT2D eigenvalue weighted by atomic mass is 9.83. The number of nitrogens with one attached hydrogen (secondary N) is 2. The summed E-state index contributed by atoms with van der Waals surface area (Å²) in [6, 6.07) is 8.69. The van der Waals surface area contributed by atoms with E-state index in [0.29, 0.717) is 38.1 Å². The third-order valence-corrected chi connectivity index (χ3v) is 7.55. The van der Waals surface area contributed by atoms with Crippen LogP contribution in [0.1, 0.15) is 25.1 Å². The quantitative estimate of drug-likeness (QED) is 0.435. The van der Waals surface area contributed by atoms with Crippen LogP contribution in [0, 0.1) is 0 Å². The molecule has 3 atom stereocenters. The maximum atomic E-state index is 12.1. The van der Waals surface area contributed by atoms with E-state index in [1.165, 1.54) is 5.56 Å². The van der Waals surface area contributed by atoms with Gasteiger partial charge in [0.05, 0.1) is 31.5 Å². The summed E-state index contributed by atoms with van der Waals surface area (Å²) in [6.45, 7) is 8.19. The highest BCUT2D eigenvalue weighted by molar-refractivity contribution is 6.49. The Kier molecular flexibility index (Phi) is 6.92. The number of Topliss-reactive ketones (excluding diaryl/α,β-unsaturated/α-hetero) is 2. The highest BCUT2D eigenvalue weighted by Gasteiger charge is 2.48. The molecule has 11 nitrogen and oxygen atoms in total. The van der Waals surface area contributed by atoms with Crippen molar-refractivity contribution in [2.45, 2.75) is 44.9 Å². The lowest BCUT2D eigenvalue weighted by Gasteiger charge is -2.37. The molecule has 1 saturated heterocycles. The van der Waals surface area contributed by atoms with Gasteiger partial charge in [0.15, 0.2) is 5.82 Å². The molecule has 2 aliphatic heterocycles. The molecule has 202 valence electrons. The number of benzene rings is 1. The summed E-state index contributed by atoms with van der Waals surface area (Å²) in [5.41, 5.74) is 3.78. The molecule has 0 spiro atoms. The van der Waals surface area contributed by atoms with E-state index in [4.69, 9.17) is 14.7 Å². The number of aromatic nitrogens is 4. The second-order valence-electron chi connectivity index (χ2n) is 10.1. The van der Waals surface area contributed by atoms with Crippen molar-refractivity contribution in [2.75, 3.05) is 48.0 Å². The molecule has 39 heavy (non-hydrogen) atoms. The van der Waals surface area contributed by atoms with Crippen LogP contribution in [0.5, 0.6) is 0 Å². The largest absolute Gasteiger partial charge is 0.377 e. The Hall–Kier alpha value is -3.96. The number of hydrogen-bond donors (Lipinski definition) is 2. The Morgan fingerprint density at radius 2 is 1.79 bits per heavy atom. The van der Waals surface area contributed by atoms with Gasteiger partial charge in [-0.05, 0) is 50.2 Å². The van der Waals surface area contributed by atoms with Crippen LogP contribution in [0.2, 0.25) is 0 Å². The molecule has 6 rings (SSSR count). The van der Waals surface area contributed by atoms with E-state index in [1.807, 2.05) is 37.3 Å². The van der Waals surface area contributed by atoms with Gasteiger partial charge in [0.1, 0.15) is 17.9 Å². The van der Waals surface area contributed by atoms with Gasteiger partial charge < -0.3 is 25.2 Å². The lowest BCUT2D eigenvalue weighted by molar-refractivity contribution is -0.145. The highest BCUT2D eigenvalue weighted by Crippen LogP contribution is 2.32. The molecule has 2 aromatic heterocycles. The van der Waals surface area contributed by atoms with E-state index >= 15 is 0 Å². The minimum absolute atomic E-state index is 0.208. The summed E-state index contributed by atoms with van der Waals surface area (Å²) in [6.07, 6.45) is 4.32. The minimum atomic E-state index is -0.552. The van der Waals surface area contributed by atoms with Crippen LogP contribution in [-0.4, -0.2) is 82.5 Å². The number of ether oxygens (including phenoxy) is 1. The summed E-state index contributed by atoms with van der Waals surface area (Å²) < 4.78 is 5.70. The molecular formula is C28H32N8O3. The first-order chi connectivity index (χ1) is 19.0. The molecule has 0 radical (unpaired) electrons. The summed E-state index contributed by atoms with van der Waals surface area (Å²) in [5, 5.41) is 6.27. The summed E-state index contributed by atoms with van der Waals surface area (Å²) in [5.74, 6) is 1.55. The maximum Gasteiger partial charge on any atom is 0.225 e. The molecular weight excluding hydrogens is 496 g/mol. The van der Waals surface area contributed by atoms with Crippen LogP contribution in [-0.2, 0) is 27.3 Å². The van der Waals surface area contributed by atoms with Crippen molar-refractivity contribution in [1.82, 2.24) is 25.3 Å². The van der Waals surface area contributed by atoms with Crippen molar-refractivity contribution in [3.05, 3.63) is 54.0 Å². The third kappa shape index (κ3) is 4.83. The molecule has 3 aromatic rings. The van der Waals surface area contributed by atoms with Crippen molar-refractivity contribution in [2.24, 2.45) is 0 Å². The second-order valence-corrected chi connectivity index (χ2v) is 10.1. The molecule has 2 fully saturated rings. The van der Waals surface area contributed by atoms with Crippen LogP contribution in [0.4, 0.5) is 17.5 Å². The second kappa shape index (κ2) is 10.7. The Morgan fingerprint density at radius 3 is 2.54 bits per heavy atom. The molecule has 0 amide bonds. The van der Waals surface area contributed by atoms with Crippen LogP contribution >= 0.6 is 0 Å². The lowest BCUT2D eigenvalue weighted by Crippen LogP contribution is -2.67. The zero-order chi connectivity index (χ0) is 26.9. The number of ketones is 2. The summed E-state index contributed by atoms with van der Waals surface area (Å²) in [4.78, 5) is 47.5. The van der Waals surface area contributed by atoms with Crippen molar-refractivity contribution in [1.29, 1.82) is 0 Å². The average molecular weight is 529 g/mol. The van der Waals surface area contributed by atoms with Crippen molar-refractivity contribution in [3.8, 4) is 11.4 Å². The first-order valence-corrected chi connectivity index (χ1v) is 13.5. The van der Waals surface area contributed by atoms with Gasteiger partial charge in [-0.25, -0.2) is 19.9 Å². The SMILES string of the molecule is CCNC1C(=O)C(=O)C1Nc1ccc(-c2nc3c(c(N4CCOCC4C)n2)CCN(c2ncccn2)C3)cc1. The molecule has 0 bridgehead atoms. The Morgan fingerprint density at radius 1 is 1.03 bits per heavy atom. The van der Waals surface area contributed by atoms with E-state index in [2.05, 4.69) is 37.3 Å². The Labute approximate surface area is 227 Å². The van der Waals surface area contributed by atoms with Crippen LogP contribution in [0.15, 0.2) is 42.7 Å². The molecule has 1 aromatic carbocycles. The fourth-order valence-corrected chi connectivity index (χ4v) is 5.43. The number of rotatable bonds is 7. The molecule has 2 N–H and O–H groups in total. The number of morpholine rings is 1. The van der Waals surface area contributed by atoms with Crippen molar-refractivity contribution in [3.63, 3.8) is 0 Å². The van der Waals surface area contributed by atoms with Gasteiger partial charge in [0.25, 0.3) is 0 Å². The monoisotopic (exact) mass is 528 g/mol. The third-order valence-electron chi connectivity index (χ3n) is 7.55. The minimum Gasteiger partial charge on any atom is -0.377 e. The van der Waals surface area contributed by atoms with Gasteiger partial charge >= 0.3 is 0 Å². The fraction of sp³-hybridized carbons (Fsp3) is 0.429. The van der Waals surface area contributed by atoms with E-state index in [0.717, 1.165) is 42.3 Å². The van der Waals surface area contributed by atoms with Crippen molar-refractivity contribution < 1.29 is 14.3 Å². The zero-order valence-corrected chi connectivity index (χ0v) is 22.1. The first-order valence-electron chi connectivity index (χ1n) is 13.5. The fourth-order valence-electron chi connectivity index (χ4n) is 5.43. The molecule has 11 heteroatoms. The number of fused-ring (bicyclic) bond motifs is 1. The van der Waals surface area contributed by atoms with Gasteiger partial charge in [-0.15, -0.1) is 0 Å². The molecule has 4 heterocycles. The zero-order valence-electron chi connectivity index (χ0n) is 22.1. The standard InChI is InChI=1S/C28H32N8O3/c1-3-29-22-23(25(38)24(22)37)32-19-7-5-18(6-8-19)26-33-21-15-35(28-30-10-4-11-31-28)12-9-20(21)27(34-26)36-13-14-39-16-17(36)2/h4-8,10-11,17,22-23,29,32H,3,9,12-16H2,1-2H3. The first kappa shape index (κ1) is 25.3. The predicted molar refractivity (Wildman–Crippen MR) is 147 cm³/mol. The van der Waals surface area contributed by atoms with Gasteiger partial charge in [-0.2, -0.15) is 0 Å². The van der Waals surface area contributed by atoms with Gasteiger partial charge in [-0.3, -0.25) is 9.59 Å². The molecule has 1 aliphatic carbocycles.